The third-order valence-electron chi connectivity index (χ3n) is 2.07. The molecule has 0 amide bonds. The Morgan fingerprint density at radius 1 is 1.44 bits per heavy atom. The first-order valence-electron chi connectivity index (χ1n) is 4.83. The zero-order valence-electron chi connectivity index (χ0n) is 9.08. The molecule has 0 spiro atoms. The molecule has 0 aliphatic rings. The highest BCUT2D eigenvalue weighted by Gasteiger charge is 2.11. The first-order chi connectivity index (χ1) is 7.65. The predicted molar refractivity (Wildman–Crippen MR) is 55.8 cm³/mol. The minimum atomic E-state index is -0.0517. The first-order valence-corrected chi connectivity index (χ1v) is 4.83. The monoisotopic (exact) mass is 217 g/mol. The third-order valence-corrected chi connectivity index (χ3v) is 2.07. The summed E-state index contributed by atoms with van der Waals surface area (Å²) >= 11 is 0. The van der Waals surface area contributed by atoms with Gasteiger partial charge in [-0.3, -0.25) is 9.78 Å². The van der Waals surface area contributed by atoms with Crippen LogP contribution in [0, 0.1) is 6.92 Å². The largest absolute Gasteiger partial charge is 0.294 e. The summed E-state index contributed by atoms with van der Waals surface area (Å²) in [5, 5.41) is 11.4. The quantitative estimate of drug-likeness (QED) is 0.693. The van der Waals surface area contributed by atoms with Gasteiger partial charge in [-0.25, -0.2) is 0 Å². The average Bonchev–Trinajstić information content (AvgIpc) is 2.64. The molecule has 6 heteroatoms. The van der Waals surface area contributed by atoms with Crippen molar-refractivity contribution in [2.24, 2.45) is 7.05 Å². The van der Waals surface area contributed by atoms with Crippen molar-refractivity contribution in [2.45, 2.75) is 13.3 Å². The minimum absolute atomic E-state index is 0.0517. The Morgan fingerprint density at radius 2 is 2.25 bits per heavy atom. The summed E-state index contributed by atoms with van der Waals surface area (Å²) in [5.41, 5.74) is 1.53. The van der Waals surface area contributed by atoms with Crippen LogP contribution in [0.1, 0.15) is 21.7 Å². The van der Waals surface area contributed by atoms with E-state index in [1.807, 2.05) is 6.92 Å². The van der Waals surface area contributed by atoms with E-state index in [2.05, 4.69) is 20.4 Å². The standard InChI is InChI=1S/C10H11N5O/c1-7-3-8(6-11-5-7)9(16)4-10-12-14-15(2)13-10/h3,5-6H,4H2,1-2H3. The third kappa shape index (κ3) is 2.28. The highest BCUT2D eigenvalue weighted by atomic mass is 16.1. The van der Waals surface area contributed by atoms with Gasteiger partial charge in [-0.15, -0.1) is 10.2 Å². The van der Waals surface area contributed by atoms with Crippen LogP contribution in [-0.4, -0.2) is 31.0 Å². The summed E-state index contributed by atoms with van der Waals surface area (Å²) in [4.78, 5) is 17.1. The van der Waals surface area contributed by atoms with Crippen LogP contribution in [0.3, 0.4) is 0 Å². The van der Waals surface area contributed by atoms with Crippen LogP contribution >= 0.6 is 0 Å². The minimum Gasteiger partial charge on any atom is -0.294 e. The molecule has 0 aliphatic carbocycles. The molecule has 0 saturated carbocycles. The molecule has 2 aromatic rings. The molecule has 6 nitrogen and oxygen atoms in total. The lowest BCUT2D eigenvalue weighted by atomic mass is 10.1. The van der Waals surface area contributed by atoms with Crippen molar-refractivity contribution >= 4 is 5.78 Å². The number of nitrogens with zero attached hydrogens (tertiary/aromatic N) is 5. The van der Waals surface area contributed by atoms with Gasteiger partial charge in [-0.2, -0.15) is 4.80 Å². The molecule has 82 valence electrons. The second-order valence-corrected chi connectivity index (χ2v) is 3.55. The molecule has 16 heavy (non-hydrogen) atoms. The normalized spacial score (nSPS) is 10.4. The molecular weight excluding hydrogens is 206 g/mol. The topological polar surface area (TPSA) is 73.6 Å². The zero-order valence-corrected chi connectivity index (χ0v) is 9.08. The number of carbonyl (C=O) groups is 1. The molecule has 0 fully saturated rings. The fourth-order valence-electron chi connectivity index (χ4n) is 1.35. The van der Waals surface area contributed by atoms with Gasteiger partial charge in [0.25, 0.3) is 0 Å². The number of aromatic nitrogens is 5. The number of Topliss-reactive ketones (excluding diaryl/α,β-unsaturated/α-hetero) is 1. The number of hydrogen-bond donors (Lipinski definition) is 0. The van der Waals surface area contributed by atoms with Crippen molar-refractivity contribution in [3.8, 4) is 0 Å². The maximum Gasteiger partial charge on any atom is 0.182 e. The van der Waals surface area contributed by atoms with Gasteiger partial charge in [-0.1, -0.05) is 0 Å². The molecule has 0 N–H and O–H groups in total. The van der Waals surface area contributed by atoms with E-state index in [1.165, 1.54) is 4.80 Å². The maximum atomic E-state index is 11.8. The summed E-state index contributed by atoms with van der Waals surface area (Å²) in [5.74, 6) is 0.373. The second-order valence-electron chi connectivity index (χ2n) is 3.55. The van der Waals surface area contributed by atoms with Crippen LogP contribution in [0.5, 0.6) is 0 Å². The van der Waals surface area contributed by atoms with Gasteiger partial charge in [0.05, 0.1) is 13.5 Å². The Kier molecular flexibility index (Phi) is 2.72. The Labute approximate surface area is 92.3 Å². The van der Waals surface area contributed by atoms with Crippen molar-refractivity contribution in [2.75, 3.05) is 0 Å². The molecule has 0 unspecified atom stereocenters. The Hall–Kier alpha value is -2.11. The number of carbonyl (C=O) groups excluding carboxylic acids is 1. The van der Waals surface area contributed by atoms with Crippen LogP contribution in [0.15, 0.2) is 18.5 Å². The van der Waals surface area contributed by atoms with Gasteiger partial charge in [0.2, 0.25) is 0 Å². The molecule has 2 aromatic heterocycles. The highest BCUT2D eigenvalue weighted by molar-refractivity contribution is 5.96. The van der Waals surface area contributed by atoms with Crippen LogP contribution in [0.25, 0.3) is 0 Å². The van der Waals surface area contributed by atoms with E-state index < -0.39 is 0 Å². The lowest BCUT2D eigenvalue weighted by Crippen LogP contribution is -2.06. The van der Waals surface area contributed by atoms with E-state index >= 15 is 0 Å². The lowest BCUT2D eigenvalue weighted by molar-refractivity contribution is 0.0990. The summed E-state index contributed by atoms with van der Waals surface area (Å²) in [7, 11) is 1.66. The number of tetrazole rings is 1. The fourth-order valence-corrected chi connectivity index (χ4v) is 1.35. The maximum absolute atomic E-state index is 11.8. The number of hydrogen-bond acceptors (Lipinski definition) is 5. The van der Waals surface area contributed by atoms with Gasteiger partial charge in [0.1, 0.15) is 0 Å². The Morgan fingerprint density at radius 3 is 2.88 bits per heavy atom. The number of aryl methyl sites for hydroxylation is 2. The van der Waals surface area contributed by atoms with E-state index in [9.17, 15) is 4.79 Å². The number of rotatable bonds is 3. The summed E-state index contributed by atoms with van der Waals surface area (Å²) in [6.45, 7) is 1.89. The molecule has 0 radical (unpaired) electrons. The van der Waals surface area contributed by atoms with Gasteiger partial charge < -0.3 is 0 Å². The fraction of sp³-hybridized carbons (Fsp3) is 0.300. The lowest BCUT2D eigenvalue weighted by Gasteiger charge is -1.98. The number of pyridine rings is 1. The highest BCUT2D eigenvalue weighted by Crippen LogP contribution is 2.04. The van der Waals surface area contributed by atoms with E-state index in [4.69, 9.17) is 0 Å². The average molecular weight is 217 g/mol. The molecule has 2 rings (SSSR count). The molecule has 0 bridgehead atoms. The Balaban J connectivity index is 2.14. The van der Waals surface area contributed by atoms with E-state index in [-0.39, 0.29) is 12.2 Å². The first kappa shape index (κ1) is 10.4. The summed E-state index contributed by atoms with van der Waals surface area (Å²) in [6, 6.07) is 1.80. The second kappa shape index (κ2) is 4.18. The van der Waals surface area contributed by atoms with Crippen LogP contribution < -0.4 is 0 Å². The van der Waals surface area contributed by atoms with E-state index in [0.29, 0.717) is 11.4 Å². The van der Waals surface area contributed by atoms with Gasteiger partial charge in [0.15, 0.2) is 11.6 Å². The van der Waals surface area contributed by atoms with Crippen LogP contribution in [-0.2, 0) is 13.5 Å². The van der Waals surface area contributed by atoms with E-state index in [1.54, 1.807) is 25.5 Å². The molecule has 2 heterocycles. The van der Waals surface area contributed by atoms with Gasteiger partial charge in [-0.05, 0) is 23.8 Å². The smallest absolute Gasteiger partial charge is 0.182 e. The molecule has 0 aromatic carbocycles. The van der Waals surface area contributed by atoms with Crippen molar-refractivity contribution in [1.29, 1.82) is 0 Å². The summed E-state index contributed by atoms with van der Waals surface area (Å²) < 4.78 is 0. The summed E-state index contributed by atoms with van der Waals surface area (Å²) in [6.07, 6.45) is 3.40. The molecule has 0 atom stereocenters. The molecular formula is C10H11N5O. The molecule has 0 saturated heterocycles. The number of ketones is 1. The zero-order chi connectivity index (χ0) is 11.5. The predicted octanol–water partition coefficient (Wildman–Crippen LogP) is 0.339. The SMILES string of the molecule is Cc1cncc(C(=O)Cc2nnn(C)n2)c1. The van der Waals surface area contributed by atoms with Crippen LogP contribution in [0.4, 0.5) is 0 Å². The van der Waals surface area contributed by atoms with E-state index in [0.717, 1.165) is 5.56 Å². The van der Waals surface area contributed by atoms with Crippen molar-refractivity contribution in [1.82, 2.24) is 25.2 Å². The molecule has 0 aliphatic heterocycles. The van der Waals surface area contributed by atoms with Crippen molar-refractivity contribution in [3.05, 3.63) is 35.4 Å². The Bertz CT molecular complexity index is 519. The van der Waals surface area contributed by atoms with Gasteiger partial charge >= 0.3 is 0 Å². The van der Waals surface area contributed by atoms with Crippen molar-refractivity contribution in [3.63, 3.8) is 0 Å². The van der Waals surface area contributed by atoms with Gasteiger partial charge in [0, 0.05) is 18.0 Å². The van der Waals surface area contributed by atoms with Crippen LogP contribution in [0.2, 0.25) is 0 Å². The van der Waals surface area contributed by atoms with Crippen molar-refractivity contribution < 1.29 is 4.79 Å².